The summed E-state index contributed by atoms with van der Waals surface area (Å²) in [6, 6.07) is 6.70. The van der Waals surface area contributed by atoms with Crippen molar-refractivity contribution in [2.45, 2.75) is 41.4 Å². The fraction of sp³-hybridized carbons (Fsp3) is 0.440. The van der Waals surface area contributed by atoms with Gasteiger partial charge in [0.05, 0.1) is 33.9 Å². The number of carbonyl (C=O) groups is 2. The molecular formula is C25H25ClF2N2O6S. The Morgan fingerprint density at radius 2 is 1.84 bits per heavy atom. The zero-order valence-corrected chi connectivity index (χ0v) is 21.2. The summed E-state index contributed by atoms with van der Waals surface area (Å²) in [6.07, 6.45) is 1.19. The van der Waals surface area contributed by atoms with Gasteiger partial charge in [-0.1, -0.05) is 11.6 Å². The smallest absolute Gasteiger partial charge is 0.410 e. The van der Waals surface area contributed by atoms with Crippen LogP contribution in [-0.4, -0.2) is 61.0 Å². The second-order valence-corrected chi connectivity index (χ2v) is 12.5. The van der Waals surface area contributed by atoms with Crippen molar-refractivity contribution in [3.63, 3.8) is 0 Å². The number of nitrogens with one attached hydrogen (secondary N) is 1. The molecule has 2 aromatic rings. The lowest BCUT2D eigenvalue weighted by Gasteiger charge is -2.43. The van der Waals surface area contributed by atoms with Crippen LogP contribution in [0, 0.1) is 23.5 Å². The van der Waals surface area contributed by atoms with Gasteiger partial charge in [0.25, 0.3) is 5.91 Å². The monoisotopic (exact) mass is 554 g/mol. The molecule has 0 spiro atoms. The summed E-state index contributed by atoms with van der Waals surface area (Å²) in [5.41, 5.74) is -1.20. The summed E-state index contributed by atoms with van der Waals surface area (Å²) in [7, 11) is -3.99. The number of aliphatic hydroxyl groups is 1. The first-order valence-electron chi connectivity index (χ1n) is 11.9. The Kier molecular flexibility index (Phi) is 6.66. The second kappa shape index (κ2) is 9.52. The van der Waals surface area contributed by atoms with E-state index >= 15 is 0 Å². The van der Waals surface area contributed by atoms with Crippen LogP contribution in [0.3, 0.4) is 0 Å². The van der Waals surface area contributed by atoms with Crippen LogP contribution < -0.4 is 5.32 Å². The summed E-state index contributed by atoms with van der Waals surface area (Å²) in [5, 5.41) is 13.0. The minimum absolute atomic E-state index is 0.00767. The topological polar surface area (TPSA) is 113 Å². The van der Waals surface area contributed by atoms with Crippen LogP contribution in [0.25, 0.3) is 0 Å². The molecule has 37 heavy (non-hydrogen) atoms. The van der Waals surface area contributed by atoms with E-state index in [4.69, 9.17) is 16.3 Å². The SMILES string of the molecule is O=C(Nc1ccc(F)c(F)c1)c1ccc(Cl)c(S(=O)(=O)[C@H]2CC3CCC(C2)[C@]3(O)CN2CCOC2=O)c1. The van der Waals surface area contributed by atoms with E-state index in [9.17, 15) is 31.9 Å². The van der Waals surface area contributed by atoms with Gasteiger partial charge in [-0.2, -0.15) is 0 Å². The van der Waals surface area contributed by atoms with Crippen LogP contribution in [0.5, 0.6) is 0 Å². The minimum Gasteiger partial charge on any atom is -0.448 e. The highest BCUT2D eigenvalue weighted by Gasteiger charge is 2.57. The van der Waals surface area contributed by atoms with Gasteiger partial charge in [0, 0.05) is 17.3 Å². The number of sulfone groups is 1. The number of carbonyl (C=O) groups excluding carboxylic acids is 2. The predicted octanol–water partition coefficient (Wildman–Crippen LogP) is 4.02. The van der Waals surface area contributed by atoms with Crippen LogP contribution in [0.15, 0.2) is 41.3 Å². The number of rotatable bonds is 6. The third-order valence-corrected chi connectivity index (χ3v) is 10.4. The first-order chi connectivity index (χ1) is 17.5. The first-order valence-corrected chi connectivity index (χ1v) is 13.9. The lowest BCUT2D eigenvalue weighted by molar-refractivity contribution is -0.0720. The van der Waals surface area contributed by atoms with Crippen molar-refractivity contribution in [1.29, 1.82) is 0 Å². The molecule has 2 bridgehead atoms. The number of fused-ring (bicyclic) bond motifs is 2. The van der Waals surface area contributed by atoms with Crippen molar-refractivity contribution in [3.8, 4) is 0 Å². The maximum atomic E-state index is 13.7. The molecule has 2 N–H and O–H groups in total. The van der Waals surface area contributed by atoms with E-state index in [-0.39, 0.29) is 59.0 Å². The molecule has 2 unspecified atom stereocenters. The highest BCUT2D eigenvalue weighted by atomic mass is 35.5. The van der Waals surface area contributed by atoms with Crippen molar-refractivity contribution in [1.82, 2.24) is 4.90 Å². The van der Waals surface area contributed by atoms with Crippen molar-refractivity contribution < 1.29 is 36.6 Å². The molecule has 1 saturated heterocycles. The molecule has 198 valence electrons. The molecule has 0 aromatic heterocycles. The Hall–Kier alpha value is -2.76. The summed E-state index contributed by atoms with van der Waals surface area (Å²) in [5.74, 6) is -3.55. The van der Waals surface area contributed by atoms with E-state index < -0.39 is 44.3 Å². The van der Waals surface area contributed by atoms with E-state index in [1.54, 1.807) is 0 Å². The Morgan fingerprint density at radius 3 is 2.46 bits per heavy atom. The molecule has 2 aromatic carbocycles. The zero-order valence-electron chi connectivity index (χ0n) is 19.6. The summed E-state index contributed by atoms with van der Waals surface area (Å²) in [6.45, 7) is 0.755. The number of β-amino-alcohol motifs (C(OH)–C–C–N with tert-alkyl or cyclic N) is 1. The lowest BCUT2D eigenvalue weighted by atomic mass is 9.74. The number of nitrogens with zero attached hydrogens (tertiary/aromatic N) is 1. The molecule has 0 radical (unpaired) electrons. The Bertz CT molecular complexity index is 1360. The number of hydrogen-bond donors (Lipinski definition) is 2. The first kappa shape index (κ1) is 25.9. The summed E-state index contributed by atoms with van der Waals surface area (Å²) in [4.78, 5) is 25.9. The standard InChI is InChI=1S/C25H25ClF2N2O6S/c26-19-5-1-14(23(31)29-17-4-6-20(27)21(28)12-17)9-22(19)37(34,35)18-10-15-2-3-16(11-18)25(15,33)13-30-7-8-36-24(30)32/h1,4-6,9,12,15-16,18,33H,2-3,7-8,10-11,13H2,(H,29,31)/t15?,16?,18-,25-. The third kappa shape index (κ3) is 4.68. The Labute approximate surface area is 217 Å². The largest absolute Gasteiger partial charge is 0.448 e. The molecule has 2 aliphatic carbocycles. The Morgan fingerprint density at radius 1 is 1.14 bits per heavy atom. The molecule has 2 saturated carbocycles. The highest BCUT2D eigenvalue weighted by Crippen LogP contribution is 2.52. The van der Waals surface area contributed by atoms with E-state index in [0.717, 1.165) is 12.1 Å². The molecule has 3 aliphatic rings. The van der Waals surface area contributed by atoms with Crippen LogP contribution >= 0.6 is 11.6 Å². The van der Waals surface area contributed by atoms with Gasteiger partial charge >= 0.3 is 6.09 Å². The van der Waals surface area contributed by atoms with Crippen molar-refractivity contribution in [2.24, 2.45) is 11.8 Å². The number of amides is 2. The van der Waals surface area contributed by atoms with Gasteiger partial charge in [-0.25, -0.2) is 22.0 Å². The molecule has 12 heteroatoms. The molecule has 8 nitrogen and oxygen atoms in total. The lowest BCUT2D eigenvalue weighted by Crippen LogP contribution is -2.55. The second-order valence-electron chi connectivity index (χ2n) is 9.86. The van der Waals surface area contributed by atoms with Crippen LogP contribution in [-0.2, 0) is 14.6 Å². The van der Waals surface area contributed by atoms with Gasteiger partial charge in [-0.3, -0.25) is 4.79 Å². The number of hydrogen-bond acceptors (Lipinski definition) is 6. The molecular weight excluding hydrogens is 530 g/mol. The normalized spacial score (nSPS) is 27.3. The number of anilines is 1. The van der Waals surface area contributed by atoms with Crippen LogP contribution in [0.2, 0.25) is 5.02 Å². The zero-order chi connectivity index (χ0) is 26.5. The molecule has 1 aliphatic heterocycles. The van der Waals surface area contributed by atoms with Crippen molar-refractivity contribution in [2.75, 3.05) is 25.0 Å². The highest BCUT2D eigenvalue weighted by molar-refractivity contribution is 7.92. The molecule has 2 atom stereocenters. The quantitative estimate of drug-likeness (QED) is 0.558. The predicted molar refractivity (Wildman–Crippen MR) is 130 cm³/mol. The van der Waals surface area contributed by atoms with E-state index in [1.165, 1.54) is 29.2 Å². The fourth-order valence-electron chi connectivity index (χ4n) is 5.82. The van der Waals surface area contributed by atoms with Gasteiger partial charge in [0.15, 0.2) is 21.5 Å². The maximum absolute atomic E-state index is 13.7. The van der Waals surface area contributed by atoms with Gasteiger partial charge in [0.1, 0.15) is 6.61 Å². The van der Waals surface area contributed by atoms with Gasteiger partial charge in [0.2, 0.25) is 0 Å². The average Bonchev–Trinajstić information content (AvgIpc) is 3.27. The van der Waals surface area contributed by atoms with Crippen molar-refractivity contribution in [3.05, 3.63) is 58.6 Å². The van der Waals surface area contributed by atoms with Gasteiger partial charge in [-0.05, 0) is 67.9 Å². The van der Waals surface area contributed by atoms with Gasteiger partial charge in [-0.15, -0.1) is 0 Å². The fourth-order valence-corrected chi connectivity index (χ4v) is 8.22. The van der Waals surface area contributed by atoms with Gasteiger partial charge < -0.3 is 20.1 Å². The minimum atomic E-state index is -3.99. The molecule has 3 fully saturated rings. The van der Waals surface area contributed by atoms with E-state index in [2.05, 4.69) is 5.32 Å². The van der Waals surface area contributed by atoms with E-state index in [1.807, 2.05) is 0 Å². The number of cyclic esters (lactones) is 1. The number of benzene rings is 2. The number of halogens is 3. The van der Waals surface area contributed by atoms with E-state index in [0.29, 0.717) is 19.4 Å². The molecule has 2 amide bonds. The maximum Gasteiger partial charge on any atom is 0.410 e. The van der Waals surface area contributed by atoms with Crippen molar-refractivity contribution >= 4 is 39.1 Å². The van der Waals surface area contributed by atoms with Crippen LogP contribution in [0.4, 0.5) is 19.3 Å². The molecule has 1 heterocycles. The van der Waals surface area contributed by atoms with Crippen LogP contribution in [0.1, 0.15) is 36.0 Å². The third-order valence-electron chi connectivity index (χ3n) is 7.78. The average molecular weight is 555 g/mol. The molecule has 5 rings (SSSR count). The Balaban J connectivity index is 1.35. The summed E-state index contributed by atoms with van der Waals surface area (Å²) < 4.78 is 59.0. The summed E-state index contributed by atoms with van der Waals surface area (Å²) >= 11 is 6.27. The number of ether oxygens (including phenoxy) is 1.